The third-order valence-electron chi connectivity index (χ3n) is 2.72. The molecule has 5 heteroatoms. The predicted octanol–water partition coefficient (Wildman–Crippen LogP) is 4.56. The Morgan fingerprint density at radius 1 is 1.15 bits per heavy atom. The number of Topliss-reactive ketones (excluding diaryl/α,β-unsaturated/α-hetero) is 1. The summed E-state index contributed by atoms with van der Waals surface area (Å²) in [4.78, 5) is 23.5. The molecule has 0 saturated carbocycles. The van der Waals surface area contributed by atoms with Crippen molar-refractivity contribution in [2.45, 2.75) is 6.92 Å². The molecular formula is C15H11BrClNO2. The van der Waals surface area contributed by atoms with Gasteiger partial charge in [0.1, 0.15) is 0 Å². The highest BCUT2D eigenvalue weighted by molar-refractivity contribution is 9.10. The molecule has 1 amide bonds. The standard InChI is InChI=1S/C15H11BrClNO2/c1-9(19)10-4-2-5-11(8-10)18-15(20)12-6-3-7-13(16)14(12)17/h2-8H,1H3,(H,18,20). The number of hydrogen-bond acceptors (Lipinski definition) is 2. The van der Waals surface area contributed by atoms with Crippen LogP contribution in [0.3, 0.4) is 0 Å². The van der Waals surface area contributed by atoms with Gasteiger partial charge in [0, 0.05) is 15.7 Å². The highest BCUT2D eigenvalue weighted by atomic mass is 79.9. The lowest BCUT2D eigenvalue weighted by Gasteiger charge is -2.08. The molecule has 20 heavy (non-hydrogen) atoms. The number of nitrogens with one attached hydrogen (secondary N) is 1. The zero-order valence-electron chi connectivity index (χ0n) is 10.6. The molecule has 0 aliphatic heterocycles. The summed E-state index contributed by atoms with van der Waals surface area (Å²) < 4.78 is 0.657. The van der Waals surface area contributed by atoms with Crippen LogP contribution in [0.25, 0.3) is 0 Å². The fourth-order valence-electron chi connectivity index (χ4n) is 1.69. The van der Waals surface area contributed by atoms with Crippen molar-refractivity contribution in [2.24, 2.45) is 0 Å². The predicted molar refractivity (Wildman–Crippen MR) is 83.6 cm³/mol. The normalized spacial score (nSPS) is 10.2. The lowest BCUT2D eigenvalue weighted by atomic mass is 10.1. The quantitative estimate of drug-likeness (QED) is 0.823. The smallest absolute Gasteiger partial charge is 0.257 e. The van der Waals surface area contributed by atoms with Gasteiger partial charge in [-0.15, -0.1) is 0 Å². The maximum Gasteiger partial charge on any atom is 0.257 e. The first kappa shape index (κ1) is 14.8. The van der Waals surface area contributed by atoms with Gasteiger partial charge in [-0.05, 0) is 47.1 Å². The Hall–Kier alpha value is -1.65. The SMILES string of the molecule is CC(=O)c1cccc(NC(=O)c2cccc(Br)c2Cl)c1. The Morgan fingerprint density at radius 2 is 1.85 bits per heavy atom. The summed E-state index contributed by atoms with van der Waals surface area (Å²) in [7, 11) is 0. The second-order valence-corrected chi connectivity index (χ2v) is 5.42. The third kappa shape index (κ3) is 3.26. The lowest BCUT2D eigenvalue weighted by Crippen LogP contribution is -2.13. The van der Waals surface area contributed by atoms with Gasteiger partial charge in [0.2, 0.25) is 0 Å². The highest BCUT2D eigenvalue weighted by Gasteiger charge is 2.12. The summed E-state index contributed by atoms with van der Waals surface area (Å²) in [5.74, 6) is -0.376. The Labute approximate surface area is 130 Å². The second-order valence-electron chi connectivity index (χ2n) is 4.19. The maximum atomic E-state index is 12.2. The first-order chi connectivity index (χ1) is 9.49. The Kier molecular flexibility index (Phi) is 4.57. The number of halogens is 2. The van der Waals surface area contributed by atoms with Crippen LogP contribution in [-0.4, -0.2) is 11.7 Å². The van der Waals surface area contributed by atoms with Crippen LogP contribution in [0.1, 0.15) is 27.6 Å². The number of carbonyl (C=O) groups excluding carboxylic acids is 2. The largest absolute Gasteiger partial charge is 0.322 e. The fourth-order valence-corrected chi connectivity index (χ4v) is 2.27. The molecule has 0 aliphatic carbocycles. The number of amides is 1. The van der Waals surface area contributed by atoms with Crippen molar-refractivity contribution in [3.8, 4) is 0 Å². The van der Waals surface area contributed by atoms with Crippen LogP contribution in [0.4, 0.5) is 5.69 Å². The van der Waals surface area contributed by atoms with Gasteiger partial charge < -0.3 is 5.32 Å². The summed E-state index contributed by atoms with van der Waals surface area (Å²) in [5.41, 5.74) is 1.47. The molecule has 0 unspecified atom stereocenters. The van der Waals surface area contributed by atoms with Crippen LogP contribution in [0.2, 0.25) is 5.02 Å². The van der Waals surface area contributed by atoms with Gasteiger partial charge >= 0.3 is 0 Å². The molecule has 0 aromatic heterocycles. The molecule has 0 aliphatic rings. The van der Waals surface area contributed by atoms with Crippen LogP contribution in [-0.2, 0) is 0 Å². The average Bonchev–Trinajstić information content (AvgIpc) is 2.42. The fraction of sp³-hybridized carbons (Fsp3) is 0.0667. The van der Waals surface area contributed by atoms with E-state index in [1.165, 1.54) is 6.92 Å². The van der Waals surface area contributed by atoms with Gasteiger partial charge in [-0.2, -0.15) is 0 Å². The van der Waals surface area contributed by atoms with Gasteiger partial charge in [0.05, 0.1) is 10.6 Å². The topological polar surface area (TPSA) is 46.2 Å². The van der Waals surface area contributed by atoms with E-state index in [0.717, 1.165) is 0 Å². The zero-order valence-corrected chi connectivity index (χ0v) is 13.0. The van der Waals surface area contributed by atoms with Crippen molar-refractivity contribution in [1.82, 2.24) is 0 Å². The van der Waals surface area contributed by atoms with E-state index in [4.69, 9.17) is 11.6 Å². The molecule has 0 fully saturated rings. The van der Waals surface area contributed by atoms with Crippen molar-refractivity contribution in [2.75, 3.05) is 5.32 Å². The summed E-state index contributed by atoms with van der Waals surface area (Å²) in [6.45, 7) is 1.48. The van der Waals surface area contributed by atoms with Crippen molar-refractivity contribution in [3.05, 3.63) is 63.1 Å². The summed E-state index contributed by atoms with van der Waals surface area (Å²) in [6.07, 6.45) is 0. The third-order valence-corrected chi connectivity index (χ3v) is 4.02. The second kappa shape index (κ2) is 6.20. The highest BCUT2D eigenvalue weighted by Crippen LogP contribution is 2.26. The van der Waals surface area contributed by atoms with Gasteiger partial charge in [-0.25, -0.2) is 0 Å². The molecule has 0 saturated heterocycles. The number of ketones is 1. The summed E-state index contributed by atoms with van der Waals surface area (Å²) in [5, 5.41) is 3.08. The van der Waals surface area contributed by atoms with Crippen LogP contribution in [0, 0.1) is 0 Å². The molecule has 2 aromatic rings. The van der Waals surface area contributed by atoms with Gasteiger partial charge in [-0.3, -0.25) is 9.59 Å². The molecule has 0 radical (unpaired) electrons. The van der Waals surface area contributed by atoms with Crippen molar-refractivity contribution in [3.63, 3.8) is 0 Å². The maximum absolute atomic E-state index is 12.2. The number of hydrogen-bond donors (Lipinski definition) is 1. The molecule has 2 rings (SSSR count). The van der Waals surface area contributed by atoms with E-state index in [1.807, 2.05) is 0 Å². The van der Waals surface area contributed by atoms with Crippen molar-refractivity contribution < 1.29 is 9.59 Å². The molecule has 0 atom stereocenters. The Bertz CT molecular complexity index is 685. The molecule has 3 nitrogen and oxygen atoms in total. The number of benzene rings is 2. The molecule has 0 heterocycles. The molecule has 0 bridgehead atoms. The first-order valence-corrected chi connectivity index (χ1v) is 7.02. The van der Waals surface area contributed by atoms with Crippen LogP contribution in [0.15, 0.2) is 46.9 Å². The van der Waals surface area contributed by atoms with Gasteiger partial charge in [0.25, 0.3) is 5.91 Å². The van der Waals surface area contributed by atoms with E-state index < -0.39 is 0 Å². The molecule has 102 valence electrons. The van der Waals surface area contributed by atoms with Crippen LogP contribution >= 0.6 is 27.5 Å². The summed E-state index contributed by atoms with van der Waals surface area (Å²) >= 11 is 9.35. The Morgan fingerprint density at radius 3 is 2.55 bits per heavy atom. The van der Waals surface area contributed by atoms with Gasteiger partial charge in [0.15, 0.2) is 5.78 Å². The van der Waals surface area contributed by atoms with Crippen molar-refractivity contribution in [1.29, 1.82) is 0 Å². The monoisotopic (exact) mass is 351 g/mol. The molecule has 2 aromatic carbocycles. The molecule has 0 spiro atoms. The zero-order chi connectivity index (χ0) is 14.7. The van der Waals surface area contributed by atoms with E-state index in [0.29, 0.717) is 26.3 Å². The minimum Gasteiger partial charge on any atom is -0.322 e. The van der Waals surface area contributed by atoms with Crippen LogP contribution < -0.4 is 5.32 Å². The van der Waals surface area contributed by atoms with Crippen LogP contribution in [0.5, 0.6) is 0 Å². The summed E-state index contributed by atoms with van der Waals surface area (Å²) in [6, 6.07) is 11.9. The molecular weight excluding hydrogens is 342 g/mol. The minimum absolute atomic E-state index is 0.0541. The Balaban J connectivity index is 2.26. The first-order valence-electron chi connectivity index (χ1n) is 5.85. The lowest BCUT2D eigenvalue weighted by molar-refractivity contribution is 0.101. The van der Waals surface area contributed by atoms with E-state index in [1.54, 1.807) is 42.5 Å². The van der Waals surface area contributed by atoms with E-state index in [9.17, 15) is 9.59 Å². The number of anilines is 1. The number of rotatable bonds is 3. The minimum atomic E-state index is -0.322. The number of carbonyl (C=O) groups is 2. The average molecular weight is 353 g/mol. The van der Waals surface area contributed by atoms with E-state index in [2.05, 4.69) is 21.2 Å². The van der Waals surface area contributed by atoms with E-state index >= 15 is 0 Å². The van der Waals surface area contributed by atoms with Crippen molar-refractivity contribution >= 4 is 44.9 Å². The van der Waals surface area contributed by atoms with Gasteiger partial charge in [-0.1, -0.05) is 29.8 Å². The van der Waals surface area contributed by atoms with E-state index in [-0.39, 0.29) is 11.7 Å². The molecule has 1 N–H and O–H groups in total.